The molecule has 3 N–H and O–H groups in total. The maximum absolute atomic E-state index is 5.79. The molecule has 0 spiro atoms. The Morgan fingerprint density at radius 2 is 2.31 bits per heavy atom. The summed E-state index contributed by atoms with van der Waals surface area (Å²) in [6.45, 7) is 0.689. The number of nitrogens with one attached hydrogen (secondary N) is 1. The number of aromatic amines is 1. The van der Waals surface area contributed by atoms with Gasteiger partial charge in [-0.15, -0.1) is 11.3 Å². The van der Waals surface area contributed by atoms with Gasteiger partial charge in [0.25, 0.3) is 0 Å². The van der Waals surface area contributed by atoms with Gasteiger partial charge in [0.15, 0.2) is 0 Å². The van der Waals surface area contributed by atoms with Gasteiger partial charge in [-0.1, -0.05) is 0 Å². The smallest absolute Gasteiger partial charge is 0.114 e. The highest BCUT2D eigenvalue weighted by Crippen LogP contribution is 2.46. The largest absolute Gasteiger partial charge is 0.341 e. The summed E-state index contributed by atoms with van der Waals surface area (Å²) in [7, 11) is 0. The molecule has 1 aliphatic carbocycles. The second kappa shape index (κ2) is 3.68. The number of H-pyrrole nitrogens is 1. The zero-order valence-corrected chi connectivity index (χ0v) is 11.1. The Morgan fingerprint density at radius 1 is 1.50 bits per heavy atom. The number of thiophene rings is 1. The average molecular weight is 298 g/mol. The number of nitrogens with two attached hydrogens (primary N) is 1. The van der Waals surface area contributed by atoms with Crippen LogP contribution >= 0.6 is 27.3 Å². The van der Waals surface area contributed by atoms with E-state index >= 15 is 0 Å². The quantitative estimate of drug-likeness (QED) is 0.915. The maximum Gasteiger partial charge on any atom is 0.114 e. The Kier molecular flexibility index (Phi) is 2.42. The Hall–Kier alpha value is -0.650. The maximum atomic E-state index is 5.79. The van der Waals surface area contributed by atoms with Gasteiger partial charge < -0.3 is 10.7 Å². The van der Waals surface area contributed by atoms with E-state index in [9.17, 15) is 0 Å². The van der Waals surface area contributed by atoms with Crippen molar-refractivity contribution in [3.05, 3.63) is 27.9 Å². The van der Waals surface area contributed by atoms with Crippen LogP contribution in [0.2, 0.25) is 0 Å². The molecule has 0 aliphatic heterocycles. The highest BCUT2D eigenvalue weighted by Gasteiger charge is 2.45. The van der Waals surface area contributed by atoms with Crippen LogP contribution in [0.4, 0.5) is 0 Å². The topological polar surface area (TPSA) is 54.7 Å². The summed E-state index contributed by atoms with van der Waals surface area (Å²) < 4.78 is 1.14. The van der Waals surface area contributed by atoms with Crippen molar-refractivity contribution in [3.8, 4) is 10.6 Å². The molecule has 1 fully saturated rings. The molecule has 84 valence electrons. The van der Waals surface area contributed by atoms with Gasteiger partial charge in [0.05, 0.1) is 20.6 Å². The van der Waals surface area contributed by atoms with Crippen LogP contribution in [-0.4, -0.2) is 16.5 Å². The first-order valence-electron chi connectivity index (χ1n) is 5.25. The van der Waals surface area contributed by atoms with Gasteiger partial charge >= 0.3 is 0 Å². The van der Waals surface area contributed by atoms with E-state index in [1.807, 2.05) is 6.20 Å². The van der Waals surface area contributed by atoms with Gasteiger partial charge in [-0.3, -0.25) is 0 Å². The van der Waals surface area contributed by atoms with Crippen LogP contribution < -0.4 is 5.73 Å². The van der Waals surface area contributed by atoms with Crippen LogP contribution in [0, 0.1) is 0 Å². The number of aromatic nitrogens is 2. The van der Waals surface area contributed by atoms with Crippen molar-refractivity contribution < 1.29 is 0 Å². The Morgan fingerprint density at radius 3 is 2.88 bits per heavy atom. The summed E-state index contributed by atoms with van der Waals surface area (Å²) in [6, 6.07) is 4.14. The normalized spacial score (nSPS) is 17.6. The minimum absolute atomic E-state index is 0.146. The summed E-state index contributed by atoms with van der Waals surface area (Å²) in [6.07, 6.45) is 4.22. The standard InChI is InChI=1S/C11H12BrN3S/c12-9-2-1-8(16-9)7-5-14-10(15-7)11(6-13)3-4-11/h1-2,5H,3-4,6,13H2,(H,14,15). The van der Waals surface area contributed by atoms with Gasteiger partial charge in [0.1, 0.15) is 5.82 Å². The predicted molar refractivity (Wildman–Crippen MR) is 69.6 cm³/mol. The van der Waals surface area contributed by atoms with E-state index < -0.39 is 0 Å². The summed E-state index contributed by atoms with van der Waals surface area (Å²) in [5.41, 5.74) is 7.02. The summed E-state index contributed by atoms with van der Waals surface area (Å²) in [5.74, 6) is 1.05. The predicted octanol–water partition coefficient (Wildman–Crippen LogP) is 2.89. The Bertz CT molecular complexity index is 513. The van der Waals surface area contributed by atoms with Crippen LogP contribution in [0.1, 0.15) is 18.7 Å². The fraction of sp³-hybridized carbons (Fsp3) is 0.364. The molecule has 5 heteroatoms. The van der Waals surface area contributed by atoms with Crippen LogP contribution in [0.25, 0.3) is 10.6 Å². The molecule has 0 bridgehead atoms. The van der Waals surface area contributed by atoms with E-state index in [0.717, 1.165) is 28.1 Å². The van der Waals surface area contributed by atoms with Crippen molar-refractivity contribution in [3.63, 3.8) is 0 Å². The molecule has 0 saturated heterocycles. The fourth-order valence-electron chi connectivity index (χ4n) is 1.86. The molecule has 0 amide bonds. The number of halogens is 1. The van der Waals surface area contributed by atoms with Gasteiger partial charge in [-0.25, -0.2) is 4.98 Å². The first-order valence-corrected chi connectivity index (χ1v) is 6.86. The molecule has 0 atom stereocenters. The van der Waals surface area contributed by atoms with E-state index in [-0.39, 0.29) is 5.41 Å². The second-order valence-electron chi connectivity index (χ2n) is 4.23. The Labute approximate surface area is 106 Å². The fourth-order valence-corrected chi connectivity index (χ4v) is 3.21. The minimum Gasteiger partial charge on any atom is -0.341 e. The number of hydrogen-bond acceptors (Lipinski definition) is 3. The number of rotatable bonds is 3. The second-order valence-corrected chi connectivity index (χ2v) is 6.70. The molecule has 1 saturated carbocycles. The summed E-state index contributed by atoms with van der Waals surface area (Å²) in [4.78, 5) is 9.06. The highest BCUT2D eigenvalue weighted by atomic mass is 79.9. The molecular formula is C11H12BrN3S. The first kappa shape index (κ1) is 10.5. The number of nitrogens with zero attached hydrogens (tertiary/aromatic N) is 1. The third-order valence-electron chi connectivity index (χ3n) is 3.16. The molecule has 0 radical (unpaired) electrons. The van der Waals surface area contributed by atoms with Crippen molar-refractivity contribution in [2.24, 2.45) is 5.73 Å². The molecule has 3 nitrogen and oxygen atoms in total. The molecule has 0 unspecified atom stereocenters. The van der Waals surface area contributed by atoms with E-state index in [2.05, 4.69) is 38.0 Å². The monoisotopic (exact) mass is 297 g/mol. The third kappa shape index (κ3) is 1.63. The van der Waals surface area contributed by atoms with Gasteiger partial charge in [-0.2, -0.15) is 0 Å². The lowest BCUT2D eigenvalue weighted by Gasteiger charge is -2.07. The van der Waals surface area contributed by atoms with Crippen molar-refractivity contribution in [1.82, 2.24) is 9.97 Å². The van der Waals surface area contributed by atoms with E-state index in [4.69, 9.17) is 5.73 Å². The molecule has 1 aliphatic rings. The summed E-state index contributed by atoms with van der Waals surface area (Å²) in [5, 5.41) is 0. The molecule has 16 heavy (non-hydrogen) atoms. The molecule has 2 aromatic rings. The lowest BCUT2D eigenvalue weighted by molar-refractivity contribution is 0.659. The van der Waals surface area contributed by atoms with E-state index in [0.29, 0.717) is 6.54 Å². The van der Waals surface area contributed by atoms with Crippen molar-refractivity contribution in [2.45, 2.75) is 18.3 Å². The van der Waals surface area contributed by atoms with Crippen molar-refractivity contribution in [2.75, 3.05) is 6.54 Å². The van der Waals surface area contributed by atoms with Gasteiger partial charge in [0.2, 0.25) is 0 Å². The molecule has 3 rings (SSSR count). The van der Waals surface area contributed by atoms with Crippen LogP contribution in [0.5, 0.6) is 0 Å². The van der Waals surface area contributed by atoms with E-state index in [1.165, 1.54) is 4.88 Å². The minimum atomic E-state index is 0.146. The first-order chi connectivity index (χ1) is 7.73. The van der Waals surface area contributed by atoms with Crippen LogP contribution in [0.15, 0.2) is 22.1 Å². The molecular weight excluding hydrogens is 286 g/mol. The van der Waals surface area contributed by atoms with Crippen LogP contribution in [-0.2, 0) is 5.41 Å². The van der Waals surface area contributed by atoms with Gasteiger partial charge in [-0.05, 0) is 40.9 Å². The molecule has 2 heterocycles. The number of hydrogen-bond donors (Lipinski definition) is 2. The van der Waals surface area contributed by atoms with Crippen molar-refractivity contribution in [1.29, 1.82) is 0 Å². The number of imidazole rings is 1. The van der Waals surface area contributed by atoms with Crippen molar-refractivity contribution >= 4 is 27.3 Å². The molecule has 0 aromatic carbocycles. The summed E-state index contributed by atoms with van der Waals surface area (Å²) >= 11 is 5.17. The average Bonchev–Trinajstić information content (AvgIpc) is 2.74. The Balaban J connectivity index is 1.94. The van der Waals surface area contributed by atoms with Crippen LogP contribution in [0.3, 0.4) is 0 Å². The molecule has 2 aromatic heterocycles. The zero-order valence-electron chi connectivity index (χ0n) is 8.66. The lowest BCUT2D eigenvalue weighted by Crippen LogP contribution is -2.21. The zero-order chi connectivity index (χ0) is 11.2. The lowest BCUT2D eigenvalue weighted by atomic mass is 10.1. The SMILES string of the molecule is NCC1(c2ncc(-c3ccc(Br)s3)[nH]2)CC1. The highest BCUT2D eigenvalue weighted by molar-refractivity contribution is 9.11. The van der Waals surface area contributed by atoms with Gasteiger partial charge in [0, 0.05) is 12.0 Å². The third-order valence-corrected chi connectivity index (χ3v) is 4.82. The van der Waals surface area contributed by atoms with E-state index in [1.54, 1.807) is 11.3 Å².